The Morgan fingerprint density at radius 2 is 2.00 bits per heavy atom. The summed E-state index contributed by atoms with van der Waals surface area (Å²) in [5.41, 5.74) is 0.321. The lowest BCUT2D eigenvalue weighted by Crippen LogP contribution is -1.91. The van der Waals surface area contributed by atoms with Crippen LogP contribution in [0.25, 0.3) is 0 Å². The number of thioether (sulfide) groups is 1. The lowest BCUT2D eigenvalue weighted by Gasteiger charge is -2.03. The Morgan fingerprint density at radius 1 is 1.43 bits per heavy atom. The summed E-state index contributed by atoms with van der Waals surface area (Å²) in [6.45, 7) is -0.0496. The molecule has 5 heteroatoms. The Labute approximate surface area is 84.0 Å². The molecule has 0 aliphatic heterocycles. The van der Waals surface area contributed by atoms with Crippen LogP contribution in [0.1, 0.15) is 5.56 Å². The van der Waals surface area contributed by atoms with Gasteiger partial charge in [0.15, 0.2) is 0 Å². The highest BCUT2D eigenvalue weighted by Gasteiger charge is 2.09. The van der Waals surface area contributed by atoms with E-state index in [1.54, 1.807) is 6.26 Å². The van der Waals surface area contributed by atoms with Crippen LogP contribution in [0.3, 0.4) is 0 Å². The number of hydrogen-bond acceptors (Lipinski definition) is 3. The van der Waals surface area contributed by atoms with Gasteiger partial charge in [0.2, 0.25) is 6.08 Å². The van der Waals surface area contributed by atoms with Crippen molar-refractivity contribution in [3.8, 4) is 0 Å². The molecule has 0 N–H and O–H groups in total. The van der Waals surface area contributed by atoms with Gasteiger partial charge >= 0.3 is 0 Å². The van der Waals surface area contributed by atoms with Crippen LogP contribution in [-0.2, 0) is 11.3 Å². The van der Waals surface area contributed by atoms with Crippen LogP contribution in [0.4, 0.5) is 8.78 Å². The first kappa shape index (κ1) is 10.9. The summed E-state index contributed by atoms with van der Waals surface area (Å²) in [6.07, 6.45) is 2.90. The fraction of sp³-hybridized carbons (Fsp3) is 0.222. The Bertz CT molecular complexity index is 365. The van der Waals surface area contributed by atoms with Crippen molar-refractivity contribution in [1.29, 1.82) is 0 Å². The van der Waals surface area contributed by atoms with E-state index < -0.39 is 11.6 Å². The summed E-state index contributed by atoms with van der Waals surface area (Å²) in [5, 5.41) is 0. The van der Waals surface area contributed by atoms with Crippen LogP contribution < -0.4 is 0 Å². The van der Waals surface area contributed by atoms with E-state index in [1.165, 1.54) is 6.08 Å². The van der Waals surface area contributed by atoms with Gasteiger partial charge in [0.1, 0.15) is 11.6 Å². The zero-order valence-corrected chi connectivity index (χ0v) is 8.20. The molecule has 0 aliphatic carbocycles. The van der Waals surface area contributed by atoms with Crippen molar-refractivity contribution < 1.29 is 13.6 Å². The number of rotatable bonds is 3. The van der Waals surface area contributed by atoms with Gasteiger partial charge in [-0.1, -0.05) is 0 Å². The van der Waals surface area contributed by atoms with Gasteiger partial charge in [-0.25, -0.2) is 18.6 Å². The van der Waals surface area contributed by atoms with Gasteiger partial charge in [0, 0.05) is 0 Å². The first-order valence-corrected chi connectivity index (χ1v) is 4.97. The van der Waals surface area contributed by atoms with Gasteiger partial charge in [-0.3, -0.25) is 0 Å². The number of hydrogen-bond donors (Lipinski definition) is 0. The van der Waals surface area contributed by atoms with E-state index in [-0.39, 0.29) is 11.4 Å². The molecule has 0 heterocycles. The Hall–Kier alpha value is -1.19. The number of carbonyl (C=O) groups excluding carboxylic acids is 1. The number of aliphatic imine (C=N–C) groups is 1. The summed E-state index contributed by atoms with van der Waals surface area (Å²) < 4.78 is 26.3. The predicted molar refractivity (Wildman–Crippen MR) is 50.0 cm³/mol. The molecule has 0 atom stereocenters. The Morgan fingerprint density at radius 3 is 2.43 bits per heavy atom. The quantitative estimate of drug-likeness (QED) is 0.440. The normalized spacial score (nSPS) is 9.64. The molecule has 1 aromatic rings. The van der Waals surface area contributed by atoms with E-state index in [0.717, 1.165) is 23.9 Å². The number of halogens is 2. The maximum atomic E-state index is 13.1. The standard InChI is InChI=1S/C9H7F2NOS/c1-14-9-7(10)2-6(3-8(9)11)4-12-5-13/h2-3H,4H2,1H3. The van der Waals surface area contributed by atoms with Crippen molar-refractivity contribution in [2.24, 2.45) is 4.99 Å². The molecular weight excluding hydrogens is 208 g/mol. The molecule has 0 aromatic heterocycles. The van der Waals surface area contributed by atoms with Crippen molar-refractivity contribution in [2.45, 2.75) is 11.4 Å². The lowest BCUT2D eigenvalue weighted by molar-refractivity contribution is 0.537. The second-order valence-corrected chi connectivity index (χ2v) is 3.32. The molecule has 0 radical (unpaired) electrons. The van der Waals surface area contributed by atoms with Gasteiger partial charge in [-0.2, -0.15) is 0 Å². The molecule has 2 nitrogen and oxygen atoms in total. The van der Waals surface area contributed by atoms with Crippen LogP contribution >= 0.6 is 11.8 Å². The van der Waals surface area contributed by atoms with Gasteiger partial charge in [0.25, 0.3) is 0 Å². The topological polar surface area (TPSA) is 29.4 Å². The third-order valence-corrected chi connectivity index (χ3v) is 2.39. The van der Waals surface area contributed by atoms with Gasteiger partial charge in [-0.05, 0) is 24.0 Å². The minimum Gasteiger partial charge on any atom is -0.211 e. The summed E-state index contributed by atoms with van der Waals surface area (Å²) >= 11 is 0.997. The highest BCUT2D eigenvalue weighted by atomic mass is 32.2. The largest absolute Gasteiger partial charge is 0.235 e. The van der Waals surface area contributed by atoms with E-state index >= 15 is 0 Å². The molecule has 0 amide bonds. The second-order valence-electron chi connectivity index (χ2n) is 2.50. The highest BCUT2D eigenvalue weighted by Crippen LogP contribution is 2.24. The maximum absolute atomic E-state index is 13.1. The number of isocyanates is 1. The first-order chi connectivity index (χ1) is 6.69. The molecule has 14 heavy (non-hydrogen) atoms. The maximum Gasteiger partial charge on any atom is 0.235 e. The van der Waals surface area contributed by atoms with E-state index in [9.17, 15) is 13.6 Å². The monoisotopic (exact) mass is 215 g/mol. The van der Waals surface area contributed by atoms with Crippen molar-refractivity contribution in [3.63, 3.8) is 0 Å². The average molecular weight is 215 g/mol. The SMILES string of the molecule is CSc1c(F)cc(CN=C=O)cc1F. The Balaban J connectivity index is 3.07. The van der Waals surface area contributed by atoms with E-state index in [0.29, 0.717) is 5.56 Å². The minimum atomic E-state index is -0.631. The van der Waals surface area contributed by atoms with Crippen LogP contribution in [-0.4, -0.2) is 12.3 Å². The third kappa shape index (κ3) is 2.40. The summed E-state index contributed by atoms with van der Waals surface area (Å²) in [4.78, 5) is 13.0. The summed E-state index contributed by atoms with van der Waals surface area (Å²) in [6, 6.07) is 2.32. The number of benzene rings is 1. The molecule has 74 valence electrons. The molecule has 0 bridgehead atoms. The van der Waals surface area contributed by atoms with E-state index in [4.69, 9.17) is 0 Å². The zero-order valence-electron chi connectivity index (χ0n) is 7.38. The Kier molecular flexibility index (Phi) is 3.80. The van der Waals surface area contributed by atoms with Crippen LogP contribution in [0, 0.1) is 11.6 Å². The highest BCUT2D eigenvalue weighted by molar-refractivity contribution is 7.98. The molecule has 0 unspecified atom stereocenters. The van der Waals surface area contributed by atoms with Crippen LogP contribution in [0.2, 0.25) is 0 Å². The number of nitrogens with zero attached hydrogens (tertiary/aromatic N) is 1. The van der Waals surface area contributed by atoms with Crippen molar-refractivity contribution >= 4 is 17.8 Å². The molecule has 0 spiro atoms. The minimum absolute atomic E-state index is 0.0242. The smallest absolute Gasteiger partial charge is 0.211 e. The molecule has 0 saturated heterocycles. The lowest BCUT2D eigenvalue weighted by atomic mass is 10.2. The first-order valence-electron chi connectivity index (χ1n) is 3.74. The second kappa shape index (κ2) is 4.88. The third-order valence-electron chi connectivity index (χ3n) is 1.59. The van der Waals surface area contributed by atoms with Gasteiger partial charge in [-0.15, -0.1) is 11.8 Å². The molecule has 0 fully saturated rings. The van der Waals surface area contributed by atoms with Crippen molar-refractivity contribution in [3.05, 3.63) is 29.3 Å². The summed E-state index contributed by atoms with van der Waals surface area (Å²) in [7, 11) is 0. The van der Waals surface area contributed by atoms with Gasteiger partial charge < -0.3 is 0 Å². The molecule has 1 rings (SSSR count). The summed E-state index contributed by atoms with van der Waals surface area (Å²) in [5.74, 6) is -1.26. The van der Waals surface area contributed by atoms with E-state index in [2.05, 4.69) is 4.99 Å². The fourth-order valence-electron chi connectivity index (χ4n) is 1.02. The molecule has 0 aliphatic rings. The average Bonchev–Trinajstić information content (AvgIpc) is 2.14. The van der Waals surface area contributed by atoms with Crippen molar-refractivity contribution in [2.75, 3.05) is 6.26 Å². The molecule has 1 aromatic carbocycles. The predicted octanol–water partition coefficient (Wildman–Crippen LogP) is 2.52. The molecule has 0 saturated carbocycles. The van der Waals surface area contributed by atoms with Crippen LogP contribution in [0.15, 0.2) is 22.0 Å². The van der Waals surface area contributed by atoms with E-state index in [1.807, 2.05) is 0 Å². The molecular formula is C9H7F2NOS. The fourth-order valence-corrected chi connectivity index (χ4v) is 1.53. The van der Waals surface area contributed by atoms with Gasteiger partial charge in [0.05, 0.1) is 11.4 Å². The van der Waals surface area contributed by atoms with Crippen LogP contribution in [0.5, 0.6) is 0 Å². The zero-order chi connectivity index (χ0) is 10.6. The van der Waals surface area contributed by atoms with Crippen molar-refractivity contribution in [1.82, 2.24) is 0 Å².